The van der Waals surface area contributed by atoms with E-state index in [9.17, 15) is 22.4 Å². The average molecular weight is 453 g/mol. The molecule has 0 bridgehead atoms. The predicted molar refractivity (Wildman–Crippen MR) is 118 cm³/mol. The highest BCUT2D eigenvalue weighted by Crippen LogP contribution is 2.36. The molecule has 1 aliphatic rings. The van der Waals surface area contributed by atoms with Gasteiger partial charge in [0.1, 0.15) is 17.3 Å². The first-order chi connectivity index (χ1) is 15.3. The Bertz CT molecular complexity index is 1280. The monoisotopic (exact) mass is 453 g/mol. The number of anilines is 2. The number of rotatable bonds is 5. The van der Waals surface area contributed by atoms with Crippen molar-refractivity contribution in [3.8, 4) is 0 Å². The summed E-state index contributed by atoms with van der Waals surface area (Å²) in [6, 6.07) is 17.4. The lowest BCUT2D eigenvalue weighted by Crippen LogP contribution is -2.53. The van der Waals surface area contributed by atoms with Crippen molar-refractivity contribution in [2.75, 3.05) is 15.7 Å². The third kappa shape index (κ3) is 4.06. The van der Waals surface area contributed by atoms with E-state index in [2.05, 4.69) is 5.32 Å². The molecule has 4 rings (SSSR count). The highest BCUT2D eigenvalue weighted by molar-refractivity contribution is 7.94. The topological polar surface area (TPSA) is 86.8 Å². The largest absolute Gasteiger partial charge is 0.350 e. The molecular formula is C23H20FN3O4S. The van der Waals surface area contributed by atoms with Crippen molar-refractivity contribution < 1.29 is 22.4 Å². The standard InChI is InChI=1S/C23H20FN3O4S/c1-16-6-12-19(13-7-16)27-23(29)26(20-4-2-3-5-21(20)32(27,30)31)15-22(28)25-14-17-8-10-18(24)11-9-17/h2-13H,14-15H2,1H3,(H,25,28). The molecule has 0 atom stereocenters. The Morgan fingerprint density at radius 1 is 0.969 bits per heavy atom. The van der Waals surface area contributed by atoms with E-state index in [1.54, 1.807) is 48.5 Å². The lowest BCUT2D eigenvalue weighted by Gasteiger charge is -2.35. The maximum absolute atomic E-state index is 13.3. The Kier molecular flexibility index (Phi) is 5.67. The van der Waals surface area contributed by atoms with E-state index in [1.165, 1.54) is 24.3 Å². The van der Waals surface area contributed by atoms with Crippen molar-refractivity contribution in [3.05, 3.63) is 89.7 Å². The number of nitrogens with one attached hydrogen (secondary N) is 1. The van der Waals surface area contributed by atoms with Gasteiger partial charge in [0.05, 0.1) is 11.4 Å². The molecule has 3 aromatic rings. The molecule has 32 heavy (non-hydrogen) atoms. The van der Waals surface area contributed by atoms with Crippen LogP contribution in [0.2, 0.25) is 0 Å². The van der Waals surface area contributed by atoms with Gasteiger partial charge < -0.3 is 5.32 Å². The van der Waals surface area contributed by atoms with Crippen LogP contribution in [-0.2, 0) is 21.4 Å². The van der Waals surface area contributed by atoms with Crippen LogP contribution in [0, 0.1) is 12.7 Å². The lowest BCUT2D eigenvalue weighted by molar-refractivity contribution is -0.119. The molecule has 3 amide bonds. The van der Waals surface area contributed by atoms with Crippen molar-refractivity contribution in [1.29, 1.82) is 0 Å². The molecule has 7 nitrogen and oxygen atoms in total. The minimum atomic E-state index is -4.15. The summed E-state index contributed by atoms with van der Waals surface area (Å²) >= 11 is 0. The summed E-state index contributed by atoms with van der Waals surface area (Å²) in [6.07, 6.45) is 0. The molecule has 3 aromatic carbocycles. The van der Waals surface area contributed by atoms with Gasteiger partial charge in [-0.3, -0.25) is 9.69 Å². The minimum absolute atomic E-state index is 0.0634. The SMILES string of the molecule is Cc1ccc(N2C(=O)N(CC(=O)NCc3ccc(F)cc3)c3ccccc3S2(=O)=O)cc1. The van der Waals surface area contributed by atoms with Crippen LogP contribution in [0.25, 0.3) is 0 Å². The summed E-state index contributed by atoms with van der Waals surface area (Å²) in [5, 5.41) is 2.68. The number of urea groups is 1. The molecule has 0 radical (unpaired) electrons. The van der Waals surface area contributed by atoms with Gasteiger partial charge in [0.2, 0.25) is 5.91 Å². The van der Waals surface area contributed by atoms with E-state index in [0.717, 1.165) is 10.5 Å². The van der Waals surface area contributed by atoms with Crippen LogP contribution in [0.15, 0.2) is 77.7 Å². The fraction of sp³-hybridized carbons (Fsp3) is 0.130. The summed E-state index contributed by atoms with van der Waals surface area (Å²) in [6.45, 7) is 1.61. The average Bonchev–Trinajstić information content (AvgIpc) is 2.77. The van der Waals surface area contributed by atoms with Crippen molar-refractivity contribution in [2.45, 2.75) is 18.4 Å². The zero-order chi connectivity index (χ0) is 22.9. The second-order valence-corrected chi connectivity index (χ2v) is 9.10. The van der Waals surface area contributed by atoms with Crippen LogP contribution in [-0.4, -0.2) is 26.9 Å². The fourth-order valence-corrected chi connectivity index (χ4v) is 4.99. The molecule has 0 aromatic heterocycles. The van der Waals surface area contributed by atoms with Gasteiger partial charge in [0.25, 0.3) is 10.0 Å². The molecule has 0 spiro atoms. The Labute approximate surface area is 185 Å². The molecule has 9 heteroatoms. The number of sulfonamides is 1. The maximum Gasteiger partial charge on any atom is 0.343 e. The Morgan fingerprint density at radius 2 is 1.62 bits per heavy atom. The van der Waals surface area contributed by atoms with Gasteiger partial charge in [0, 0.05) is 6.54 Å². The molecule has 0 saturated heterocycles. The maximum atomic E-state index is 13.3. The first-order valence-electron chi connectivity index (χ1n) is 9.81. The normalized spacial score (nSPS) is 14.8. The van der Waals surface area contributed by atoms with Crippen LogP contribution in [0.3, 0.4) is 0 Å². The number of carbonyl (C=O) groups excluding carboxylic acids is 2. The van der Waals surface area contributed by atoms with E-state index in [1.807, 2.05) is 6.92 Å². The number of nitrogens with zero attached hydrogens (tertiary/aromatic N) is 2. The number of amides is 3. The zero-order valence-corrected chi connectivity index (χ0v) is 18.0. The molecule has 1 N–H and O–H groups in total. The predicted octanol–water partition coefficient (Wildman–Crippen LogP) is 3.59. The van der Waals surface area contributed by atoms with Crippen LogP contribution >= 0.6 is 0 Å². The summed E-state index contributed by atoms with van der Waals surface area (Å²) in [4.78, 5) is 27.0. The zero-order valence-electron chi connectivity index (χ0n) is 17.2. The van der Waals surface area contributed by atoms with Crippen LogP contribution < -0.4 is 14.5 Å². The number of carbonyl (C=O) groups is 2. The Balaban J connectivity index is 1.63. The molecule has 164 valence electrons. The van der Waals surface area contributed by atoms with E-state index >= 15 is 0 Å². The summed E-state index contributed by atoms with van der Waals surface area (Å²) < 4.78 is 40.2. The number of aryl methyl sites for hydroxylation is 1. The Morgan fingerprint density at radius 3 is 2.31 bits per heavy atom. The third-order valence-electron chi connectivity index (χ3n) is 5.05. The Hall–Kier alpha value is -3.72. The van der Waals surface area contributed by atoms with E-state index in [0.29, 0.717) is 9.87 Å². The lowest BCUT2D eigenvalue weighted by atomic mass is 10.2. The second kappa shape index (κ2) is 8.43. The molecule has 0 aliphatic carbocycles. The molecule has 0 saturated carbocycles. The van der Waals surface area contributed by atoms with Crippen LogP contribution in [0.1, 0.15) is 11.1 Å². The molecule has 1 aliphatic heterocycles. The smallest absolute Gasteiger partial charge is 0.343 e. The van der Waals surface area contributed by atoms with Crippen molar-refractivity contribution in [1.82, 2.24) is 5.32 Å². The number of hydrogen-bond donors (Lipinski definition) is 1. The number of halogens is 1. The summed E-state index contributed by atoms with van der Waals surface area (Å²) in [7, 11) is -4.15. The van der Waals surface area contributed by atoms with Gasteiger partial charge in [-0.05, 0) is 48.9 Å². The number of hydrogen-bond acceptors (Lipinski definition) is 4. The van der Waals surface area contributed by atoms with Crippen molar-refractivity contribution >= 4 is 33.3 Å². The van der Waals surface area contributed by atoms with Crippen molar-refractivity contribution in [2.24, 2.45) is 0 Å². The second-order valence-electron chi connectivity index (χ2n) is 7.34. The van der Waals surface area contributed by atoms with Crippen LogP contribution in [0.5, 0.6) is 0 Å². The van der Waals surface area contributed by atoms with Crippen molar-refractivity contribution in [3.63, 3.8) is 0 Å². The summed E-state index contributed by atoms with van der Waals surface area (Å²) in [5.41, 5.74) is 1.92. The van der Waals surface area contributed by atoms with Gasteiger partial charge >= 0.3 is 6.03 Å². The van der Waals surface area contributed by atoms with E-state index < -0.39 is 22.0 Å². The highest BCUT2D eigenvalue weighted by Gasteiger charge is 2.42. The minimum Gasteiger partial charge on any atom is -0.350 e. The van der Waals surface area contributed by atoms with Gasteiger partial charge in [0.15, 0.2) is 0 Å². The van der Waals surface area contributed by atoms with Gasteiger partial charge in [-0.15, -0.1) is 0 Å². The number of para-hydroxylation sites is 1. The third-order valence-corrected chi connectivity index (χ3v) is 6.80. The van der Waals surface area contributed by atoms with E-state index in [4.69, 9.17) is 0 Å². The highest BCUT2D eigenvalue weighted by atomic mass is 32.2. The first kappa shape index (κ1) is 21.5. The van der Waals surface area contributed by atoms with Gasteiger partial charge in [-0.2, -0.15) is 4.31 Å². The molecule has 0 unspecified atom stereocenters. The quantitative estimate of drug-likeness (QED) is 0.640. The number of fused-ring (bicyclic) bond motifs is 1. The number of benzene rings is 3. The molecular weight excluding hydrogens is 433 g/mol. The fourth-order valence-electron chi connectivity index (χ4n) is 3.40. The van der Waals surface area contributed by atoms with Crippen LogP contribution in [0.4, 0.5) is 20.6 Å². The summed E-state index contributed by atoms with van der Waals surface area (Å²) in [5.74, 6) is -0.867. The molecule has 1 heterocycles. The first-order valence-corrected chi connectivity index (χ1v) is 11.2. The van der Waals surface area contributed by atoms with Gasteiger partial charge in [-0.25, -0.2) is 17.6 Å². The van der Waals surface area contributed by atoms with Gasteiger partial charge in [-0.1, -0.05) is 42.0 Å². The van der Waals surface area contributed by atoms with E-state index in [-0.39, 0.29) is 35.2 Å². The molecule has 0 fully saturated rings.